The molecule has 1 aliphatic carbocycles. The summed E-state index contributed by atoms with van der Waals surface area (Å²) in [4.78, 5) is 23.6. The molecular weight excluding hydrogens is 302 g/mol. The van der Waals surface area contributed by atoms with E-state index in [0.717, 1.165) is 29.7 Å². The molecule has 22 heavy (non-hydrogen) atoms. The lowest BCUT2D eigenvalue weighted by Gasteiger charge is -2.04. The summed E-state index contributed by atoms with van der Waals surface area (Å²) in [6, 6.07) is 7.68. The van der Waals surface area contributed by atoms with Gasteiger partial charge in [-0.2, -0.15) is 5.26 Å². The standard InChI is InChI=1S/C15H11N3O3S/c16-8-12-11-5-2-6-13(11)22-15(12)17-14(19)9-3-1-4-10(7-9)18(20)21/h1,3-4,7H,2,5-6H2,(H,17,19). The van der Waals surface area contributed by atoms with E-state index in [9.17, 15) is 20.2 Å². The summed E-state index contributed by atoms with van der Waals surface area (Å²) < 4.78 is 0. The van der Waals surface area contributed by atoms with Crippen LogP contribution >= 0.6 is 11.3 Å². The van der Waals surface area contributed by atoms with Crippen molar-refractivity contribution in [3.8, 4) is 6.07 Å². The predicted molar refractivity (Wildman–Crippen MR) is 82.1 cm³/mol. The number of nitro benzene ring substituents is 1. The Morgan fingerprint density at radius 3 is 2.95 bits per heavy atom. The molecule has 2 aromatic rings. The van der Waals surface area contributed by atoms with Crippen LogP contribution in [0.2, 0.25) is 0 Å². The van der Waals surface area contributed by atoms with Gasteiger partial charge in [0.05, 0.1) is 10.5 Å². The second-order valence-electron chi connectivity index (χ2n) is 4.93. The van der Waals surface area contributed by atoms with Gasteiger partial charge >= 0.3 is 0 Å². The minimum atomic E-state index is -0.544. The molecule has 0 saturated carbocycles. The maximum absolute atomic E-state index is 12.2. The average molecular weight is 313 g/mol. The van der Waals surface area contributed by atoms with Crippen LogP contribution in [-0.2, 0) is 12.8 Å². The number of fused-ring (bicyclic) bond motifs is 1. The molecule has 0 unspecified atom stereocenters. The Morgan fingerprint density at radius 2 is 2.23 bits per heavy atom. The number of aryl methyl sites for hydroxylation is 1. The van der Waals surface area contributed by atoms with Crippen LogP contribution in [0, 0.1) is 21.4 Å². The normalized spacial score (nSPS) is 12.5. The van der Waals surface area contributed by atoms with Gasteiger partial charge in [-0.25, -0.2) is 0 Å². The van der Waals surface area contributed by atoms with Gasteiger partial charge in [-0.3, -0.25) is 14.9 Å². The number of benzene rings is 1. The Hall–Kier alpha value is -2.72. The van der Waals surface area contributed by atoms with Crippen molar-refractivity contribution >= 4 is 27.9 Å². The van der Waals surface area contributed by atoms with Crippen molar-refractivity contribution in [1.82, 2.24) is 0 Å². The number of nitrogens with zero attached hydrogens (tertiary/aromatic N) is 2. The molecular formula is C15H11N3O3S. The minimum Gasteiger partial charge on any atom is -0.312 e. The summed E-state index contributed by atoms with van der Waals surface area (Å²) in [6.07, 6.45) is 2.83. The summed E-state index contributed by atoms with van der Waals surface area (Å²) in [5.41, 5.74) is 1.62. The van der Waals surface area contributed by atoms with E-state index in [4.69, 9.17) is 0 Å². The lowest BCUT2D eigenvalue weighted by Crippen LogP contribution is -2.12. The van der Waals surface area contributed by atoms with Crippen LogP contribution in [0.25, 0.3) is 0 Å². The fourth-order valence-electron chi connectivity index (χ4n) is 2.55. The maximum atomic E-state index is 12.2. The van der Waals surface area contributed by atoms with Crippen molar-refractivity contribution in [2.75, 3.05) is 5.32 Å². The highest BCUT2D eigenvalue weighted by Gasteiger charge is 2.23. The fraction of sp³-hybridized carbons (Fsp3) is 0.200. The molecule has 1 aliphatic rings. The van der Waals surface area contributed by atoms with E-state index < -0.39 is 10.8 Å². The lowest BCUT2D eigenvalue weighted by molar-refractivity contribution is -0.384. The number of nitro groups is 1. The first-order chi connectivity index (χ1) is 10.6. The van der Waals surface area contributed by atoms with Crippen molar-refractivity contribution in [2.45, 2.75) is 19.3 Å². The lowest BCUT2D eigenvalue weighted by atomic mass is 10.1. The summed E-state index contributed by atoms with van der Waals surface area (Å²) >= 11 is 1.42. The number of carbonyl (C=O) groups is 1. The molecule has 0 bridgehead atoms. The number of thiophene rings is 1. The Labute approximate surface area is 130 Å². The number of non-ortho nitro benzene ring substituents is 1. The van der Waals surface area contributed by atoms with E-state index in [0.29, 0.717) is 10.6 Å². The van der Waals surface area contributed by atoms with Crippen LogP contribution in [-0.4, -0.2) is 10.8 Å². The first-order valence-electron chi connectivity index (χ1n) is 6.70. The zero-order chi connectivity index (χ0) is 15.7. The van der Waals surface area contributed by atoms with Gasteiger partial charge in [0.15, 0.2) is 0 Å². The molecule has 1 N–H and O–H groups in total. The van der Waals surface area contributed by atoms with Crippen molar-refractivity contribution in [3.05, 3.63) is 55.9 Å². The smallest absolute Gasteiger partial charge is 0.270 e. The van der Waals surface area contributed by atoms with Gasteiger partial charge in [-0.15, -0.1) is 11.3 Å². The van der Waals surface area contributed by atoms with Crippen molar-refractivity contribution in [2.24, 2.45) is 0 Å². The van der Waals surface area contributed by atoms with E-state index in [1.807, 2.05) is 0 Å². The first kappa shape index (κ1) is 14.2. The van der Waals surface area contributed by atoms with E-state index in [-0.39, 0.29) is 11.3 Å². The number of nitrogens with one attached hydrogen (secondary N) is 1. The zero-order valence-electron chi connectivity index (χ0n) is 11.5. The van der Waals surface area contributed by atoms with Gasteiger partial charge in [0.25, 0.3) is 11.6 Å². The summed E-state index contributed by atoms with van der Waals surface area (Å²) in [5, 5.41) is 23.3. The first-order valence-corrected chi connectivity index (χ1v) is 7.52. The highest BCUT2D eigenvalue weighted by Crippen LogP contribution is 2.38. The van der Waals surface area contributed by atoms with E-state index >= 15 is 0 Å². The predicted octanol–water partition coefficient (Wildman–Crippen LogP) is 3.27. The molecule has 1 amide bonds. The molecule has 0 spiro atoms. The molecule has 6 nitrogen and oxygen atoms in total. The van der Waals surface area contributed by atoms with Gasteiger partial charge in [0.2, 0.25) is 0 Å². The van der Waals surface area contributed by atoms with Crippen LogP contribution in [0.1, 0.15) is 32.8 Å². The van der Waals surface area contributed by atoms with Crippen LogP contribution in [0.4, 0.5) is 10.7 Å². The van der Waals surface area contributed by atoms with Crippen molar-refractivity contribution in [3.63, 3.8) is 0 Å². The third kappa shape index (κ3) is 2.44. The number of carbonyl (C=O) groups excluding carboxylic acids is 1. The molecule has 0 fully saturated rings. The Morgan fingerprint density at radius 1 is 1.41 bits per heavy atom. The number of hydrogen-bond donors (Lipinski definition) is 1. The van der Waals surface area contributed by atoms with Gasteiger partial charge in [-0.1, -0.05) is 6.07 Å². The van der Waals surface area contributed by atoms with Crippen LogP contribution in [0.5, 0.6) is 0 Å². The largest absolute Gasteiger partial charge is 0.312 e. The minimum absolute atomic E-state index is 0.137. The SMILES string of the molecule is N#Cc1c(NC(=O)c2cccc([N+](=O)[O-])c2)sc2c1CCC2. The second kappa shape index (κ2) is 5.58. The molecule has 0 saturated heterocycles. The topological polar surface area (TPSA) is 96.0 Å². The Balaban J connectivity index is 1.88. The van der Waals surface area contributed by atoms with E-state index in [1.54, 1.807) is 0 Å². The van der Waals surface area contributed by atoms with Gasteiger partial charge in [0.1, 0.15) is 11.1 Å². The summed E-state index contributed by atoms with van der Waals surface area (Å²) in [7, 11) is 0. The zero-order valence-corrected chi connectivity index (χ0v) is 12.3. The summed E-state index contributed by atoms with van der Waals surface area (Å²) in [6.45, 7) is 0. The van der Waals surface area contributed by atoms with Gasteiger partial charge < -0.3 is 5.32 Å². The number of amides is 1. The Bertz CT molecular complexity index is 820. The van der Waals surface area contributed by atoms with Crippen LogP contribution in [0.3, 0.4) is 0 Å². The number of nitriles is 1. The molecule has 3 rings (SSSR count). The number of hydrogen-bond acceptors (Lipinski definition) is 5. The Kier molecular flexibility index (Phi) is 3.61. The molecule has 1 aromatic heterocycles. The summed E-state index contributed by atoms with van der Waals surface area (Å²) in [5.74, 6) is -0.444. The maximum Gasteiger partial charge on any atom is 0.270 e. The monoisotopic (exact) mass is 313 g/mol. The number of anilines is 1. The number of rotatable bonds is 3. The molecule has 0 atom stereocenters. The van der Waals surface area contributed by atoms with Gasteiger partial charge in [0, 0.05) is 22.6 Å². The molecule has 1 aromatic carbocycles. The van der Waals surface area contributed by atoms with Crippen molar-refractivity contribution < 1.29 is 9.72 Å². The third-order valence-electron chi connectivity index (χ3n) is 3.58. The molecule has 110 valence electrons. The third-order valence-corrected chi connectivity index (χ3v) is 4.79. The van der Waals surface area contributed by atoms with E-state index in [2.05, 4.69) is 11.4 Å². The van der Waals surface area contributed by atoms with Crippen molar-refractivity contribution in [1.29, 1.82) is 5.26 Å². The van der Waals surface area contributed by atoms with Crippen LogP contribution in [0.15, 0.2) is 24.3 Å². The fourth-order valence-corrected chi connectivity index (χ4v) is 3.78. The molecule has 0 aliphatic heterocycles. The molecule has 1 heterocycles. The quantitative estimate of drug-likeness (QED) is 0.694. The molecule has 0 radical (unpaired) electrons. The molecule has 7 heteroatoms. The second-order valence-corrected chi connectivity index (χ2v) is 6.04. The van der Waals surface area contributed by atoms with Crippen LogP contribution < -0.4 is 5.32 Å². The highest BCUT2D eigenvalue weighted by atomic mass is 32.1. The van der Waals surface area contributed by atoms with Gasteiger partial charge in [-0.05, 0) is 30.9 Å². The van der Waals surface area contributed by atoms with E-state index in [1.165, 1.54) is 35.6 Å². The highest BCUT2D eigenvalue weighted by molar-refractivity contribution is 7.16. The average Bonchev–Trinajstić information content (AvgIpc) is 3.07.